The molecule has 3 nitrogen and oxygen atoms in total. The highest BCUT2D eigenvalue weighted by Gasteiger charge is 2.04. The molecule has 0 radical (unpaired) electrons. The summed E-state index contributed by atoms with van der Waals surface area (Å²) in [6.45, 7) is 0.713. The minimum atomic E-state index is 0.181. The number of carbonyl (C=O) groups is 1. The van der Waals surface area contributed by atoms with Gasteiger partial charge in [-0.25, -0.2) is 0 Å². The van der Waals surface area contributed by atoms with Crippen molar-refractivity contribution in [3.63, 3.8) is 0 Å². The molecule has 2 rings (SSSR count). The second-order valence-electron chi connectivity index (χ2n) is 5.67. The lowest BCUT2D eigenvalue weighted by atomic mass is 10.1. The molecule has 0 bridgehead atoms. The van der Waals surface area contributed by atoms with E-state index >= 15 is 0 Å². The molecule has 2 N–H and O–H groups in total. The lowest BCUT2D eigenvalue weighted by molar-refractivity contribution is -0.121. The Morgan fingerprint density at radius 2 is 1.86 bits per heavy atom. The van der Waals surface area contributed by atoms with E-state index in [0.717, 1.165) is 30.1 Å². The number of alkyl halides is 1. The Morgan fingerprint density at radius 3 is 2.73 bits per heavy atom. The predicted molar refractivity (Wildman–Crippen MR) is 96.5 cm³/mol. The first-order chi connectivity index (χ1) is 10.8. The third kappa shape index (κ3) is 5.48. The van der Waals surface area contributed by atoms with Crippen molar-refractivity contribution in [1.82, 2.24) is 10.3 Å². The zero-order valence-corrected chi connectivity index (χ0v) is 14.6. The molecule has 0 atom stereocenters. The summed E-state index contributed by atoms with van der Waals surface area (Å²) in [5.74, 6) is 0.181. The normalized spacial score (nSPS) is 11.0. The van der Waals surface area contributed by atoms with E-state index < -0.39 is 0 Å². The van der Waals surface area contributed by atoms with Crippen molar-refractivity contribution in [3.05, 3.63) is 36.0 Å². The zero-order chi connectivity index (χ0) is 15.6. The number of halogens is 1. The van der Waals surface area contributed by atoms with Crippen LogP contribution in [0.5, 0.6) is 0 Å². The molecule has 1 aromatic heterocycles. The molecule has 0 saturated heterocycles. The Bertz CT molecular complexity index is 579. The molecule has 0 fully saturated rings. The average Bonchev–Trinajstić information content (AvgIpc) is 2.94. The van der Waals surface area contributed by atoms with Crippen LogP contribution >= 0.6 is 15.9 Å². The Morgan fingerprint density at radius 1 is 1.09 bits per heavy atom. The molecule has 0 aliphatic rings. The molecule has 4 heteroatoms. The standard InChI is InChI=1S/C18H25BrN2O/c19-12-7-3-1-2-4-10-18(22)20-13-11-15-14-21-17-9-6-5-8-16(15)17/h5-6,8-9,14,21H,1-4,7,10-13H2,(H,20,22). The first-order valence-electron chi connectivity index (χ1n) is 8.19. The minimum Gasteiger partial charge on any atom is -0.361 e. The fourth-order valence-corrected chi connectivity index (χ4v) is 3.07. The van der Waals surface area contributed by atoms with Crippen molar-refractivity contribution < 1.29 is 4.79 Å². The van der Waals surface area contributed by atoms with Crippen LogP contribution < -0.4 is 5.32 Å². The highest BCUT2D eigenvalue weighted by atomic mass is 79.9. The van der Waals surface area contributed by atoms with Crippen molar-refractivity contribution in [2.75, 3.05) is 11.9 Å². The van der Waals surface area contributed by atoms with Crippen LogP contribution in [-0.4, -0.2) is 22.8 Å². The lowest BCUT2D eigenvalue weighted by Crippen LogP contribution is -2.25. The summed E-state index contributed by atoms with van der Waals surface area (Å²) in [7, 11) is 0. The second-order valence-corrected chi connectivity index (χ2v) is 6.46. The van der Waals surface area contributed by atoms with Crippen LogP contribution in [0.4, 0.5) is 0 Å². The Labute approximate surface area is 141 Å². The van der Waals surface area contributed by atoms with E-state index in [1.807, 2.05) is 18.3 Å². The van der Waals surface area contributed by atoms with Crippen LogP contribution in [-0.2, 0) is 11.2 Å². The smallest absolute Gasteiger partial charge is 0.220 e. The van der Waals surface area contributed by atoms with Crippen LogP contribution in [0.2, 0.25) is 0 Å². The van der Waals surface area contributed by atoms with Gasteiger partial charge in [-0.05, 0) is 30.9 Å². The van der Waals surface area contributed by atoms with Gasteiger partial charge in [0.05, 0.1) is 0 Å². The third-order valence-electron chi connectivity index (χ3n) is 3.93. The van der Waals surface area contributed by atoms with E-state index in [2.05, 4.69) is 38.4 Å². The molecule has 120 valence electrons. The summed E-state index contributed by atoms with van der Waals surface area (Å²) in [5, 5.41) is 5.37. The number of hydrogen-bond acceptors (Lipinski definition) is 1. The fraction of sp³-hybridized carbons (Fsp3) is 0.500. The van der Waals surface area contributed by atoms with Gasteiger partial charge in [-0.1, -0.05) is 53.4 Å². The number of amides is 1. The molecule has 1 heterocycles. The molecule has 0 spiro atoms. The molecule has 22 heavy (non-hydrogen) atoms. The summed E-state index contributed by atoms with van der Waals surface area (Å²) in [6, 6.07) is 8.28. The predicted octanol–water partition coefficient (Wildman–Crippen LogP) is 4.56. The number of rotatable bonds is 10. The van der Waals surface area contributed by atoms with Gasteiger partial charge in [0.15, 0.2) is 0 Å². The van der Waals surface area contributed by atoms with Gasteiger partial charge in [0, 0.05) is 35.4 Å². The van der Waals surface area contributed by atoms with Crippen molar-refractivity contribution >= 4 is 32.7 Å². The largest absolute Gasteiger partial charge is 0.361 e. The fourth-order valence-electron chi connectivity index (χ4n) is 2.67. The number of carbonyl (C=O) groups excluding carboxylic acids is 1. The van der Waals surface area contributed by atoms with E-state index in [9.17, 15) is 4.79 Å². The van der Waals surface area contributed by atoms with Gasteiger partial charge < -0.3 is 10.3 Å². The third-order valence-corrected chi connectivity index (χ3v) is 4.49. The average molecular weight is 365 g/mol. The zero-order valence-electron chi connectivity index (χ0n) is 13.0. The molecular formula is C18H25BrN2O. The summed E-state index contributed by atoms with van der Waals surface area (Å²) in [6.07, 6.45) is 9.45. The van der Waals surface area contributed by atoms with Crippen molar-refractivity contribution in [1.29, 1.82) is 0 Å². The molecule has 0 unspecified atom stereocenters. The highest BCUT2D eigenvalue weighted by molar-refractivity contribution is 9.09. The molecular weight excluding hydrogens is 340 g/mol. The molecule has 1 aromatic carbocycles. The van der Waals surface area contributed by atoms with Gasteiger partial charge >= 0.3 is 0 Å². The number of H-pyrrole nitrogens is 1. The first kappa shape index (κ1) is 17.1. The molecule has 0 aliphatic heterocycles. The van der Waals surface area contributed by atoms with Crippen molar-refractivity contribution in [3.8, 4) is 0 Å². The van der Waals surface area contributed by atoms with Crippen LogP contribution in [0.25, 0.3) is 10.9 Å². The van der Waals surface area contributed by atoms with E-state index in [1.165, 1.54) is 30.2 Å². The number of unbranched alkanes of at least 4 members (excludes halogenated alkanes) is 4. The molecule has 1 amide bonds. The summed E-state index contributed by atoms with van der Waals surface area (Å²) in [4.78, 5) is 15.1. The first-order valence-corrected chi connectivity index (χ1v) is 9.31. The van der Waals surface area contributed by atoms with E-state index in [0.29, 0.717) is 13.0 Å². The summed E-state index contributed by atoms with van der Waals surface area (Å²) in [5.41, 5.74) is 2.43. The van der Waals surface area contributed by atoms with Gasteiger partial charge in [0.25, 0.3) is 0 Å². The maximum Gasteiger partial charge on any atom is 0.220 e. The Kier molecular flexibility index (Phi) is 7.50. The van der Waals surface area contributed by atoms with Gasteiger partial charge in [-0.2, -0.15) is 0 Å². The molecule has 0 aliphatic carbocycles. The van der Waals surface area contributed by atoms with E-state index in [4.69, 9.17) is 0 Å². The van der Waals surface area contributed by atoms with Crippen LogP contribution in [0.3, 0.4) is 0 Å². The molecule has 2 aromatic rings. The topological polar surface area (TPSA) is 44.9 Å². The van der Waals surface area contributed by atoms with Crippen LogP contribution in [0.15, 0.2) is 30.5 Å². The Balaban J connectivity index is 1.61. The number of aromatic nitrogens is 1. The maximum atomic E-state index is 11.8. The number of para-hydroxylation sites is 1. The second kappa shape index (κ2) is 9.67. The SMILES string of the molecule is O=C(CCCCCCCBr)NCCc1c[nH]c2ccccc12. The number of hydrogen-bond donors (Lipinski definition) is 2. The number of fused-ring (bicyclic) bond motifs is 1. The Hall–Kier alpha value is -1.29. The van der Waals surface area contributed by atoms with E-state index in [1.54, 1.807) is 0 Å². The minimum absolute atomic E-state index is 0.181. The van der Waals surface area contributed by atoms with Gasteiger partial charge in [-0.15, -0.1) is 0 Å². The lowest BCUT2D eigenvalue weighted by Gasteiger charge is -2.05. The van der Waals surface area contributed by atoms with Gasteiger partial charge in [-0.3, -0.25) is 4.79 Å². The van der Waals surface area contributed by atoms with E-state index in [-0.39, 0.29) is 5.91 Å². The summed E-state index contributed by atoms with van der Waals surface area (Å²) < 4.78 is 0. The number of benzene rings is 1. The van der Waals surface area contributed by atoms with Crippen molar-refractivity contribution in [2.24, 2.45) is 0 Å². The van der Waals surface area contributed by atoms with Crippen molar-refractivity contribution in [2.45, 2.75) is 44.9 Å². The number of nitrogens with one attached hydrogen (secondary N) is 2. The monoisotopic (exact) mass is 364 g/mol. The van der Waals surface area contributed by atoms with Crippen LogP contribution in [0, 0.1) is 0 Å². The van der Waals surface area contributed by atoms with Gasteiger partial charge in [0.2, 0.25) is 5.91 Å². The van der Waals surface area contributed by atoms with Gasteiger partial charge in [0.1, 0.15) is 0 Å². The van der Waals surface area contributed by atoms with Crippen LogP contribution in [0.1, 0.15) is 44.1 Å². The summed E-state index contributed by atoms with van der Waals surface area (Å²) >= 11 is 3.44. The number of aromatic amines is 1. The maximum absolute atomic E-state index is 11.8. The highest BCUT2D eigenvalue weighted by Crippen LogP contribution is 2.17. The molecule has 0 saturated carbocycles. The quantitative estimate of drug-likeness (QED) is 0.470.